The molecule has 0 bridgehead atoms. The molecule has 2 N–H and O–H groups in total. The molecule has 1 fully saturated rings. The molecule has 2 aliphatic rings. The molecule has 1 aliphatic carbocycles. The van der Waals surface area contributed by atoms with Crippen LogP contribution in [0.5, 0.6) is 0 Å². The van der Waals surface area contributed by atoms with Crippen LogP contribution in [-0.2, 0) is 14.3 Å². The number of nitrogens with zero attached hydrogens (tertiary/aromatic N) is 1. The Labute approximate surface area is 202 Å². The van der Waals surface area contributed by atoms with Crippen molar-refractivity contribution < 1.29 is 33.0 Å². The van der Waals surface area contributed by atoms with Crippen molar-refractivity contribution in [1.82, 2.24) is 10.2 Å². The first kappa shape index (κ1) is 24.6. The largest absolute Gasteiger partial charge is 0.480 e. The monoisotopic (exact) mass is 486 g/mol. The molecule has 4 rings (SSSR count). The number of carbonyl (C=O) groups is 3. The van der Waals surface area contributed by atoms with Gasteiger partial charge in [0.15, 0.2) is 0 Å². The van der Waals surface area contributed by atoms with Crippen LogP contribution >= 0.6 is 0 Å². The number of amides is 2. The Morgan fingerprint density at radius 3 is 2.14 bits per heavy atom. The van der Waals surface area contributed by atoms with Crippen molar-refractivity contribution in [3.63, 3.8) is 0 Å². The van der Waals surface area contributed by atoms with Gasteiger partial charge in [0.25, 0.3) is 5.92 Å². The van der Waals surface area contributed by atoms with Gasteiger partial charge in [-0.2, -0.15) is 0 Å². The number of nitrogens with one attached hydrogen (secondary N) is 1. The van der Waals surface area contributed by atoms with Gasteiger partial charge in [0, 0.05) is 12.3 Å². The number of rotatable bonds is 5. The Hall–Kier alpha value is -3.49. The molecule has 1 unspecified atom stereocenters. The Bertz CT molecular complexity index is 1110. The van der Waals surface area contributed by atoms with E-state index in [0.29, 0.717) is 4.90 Å². The van der Waals surface area contributed by atoms with Gasteiger partial charge < -0.3 is 20.1 Å². The predicted octanol–water partition coefficient (Wildman–Crippen LogP) is 4.26. The SMILES string of the molecule is CC(C)(C)C(NC(=O)OCC1c2ccccc2-c2ccccc21)C(=O)N1CC(F)(F)C[C@@H]1C(=O)O. The van der Waals surface area contributed by atoms with Gasteiger partial charge in [-0.3, -0.25) is 4.79 Å². The Morgan fingerprint density at radius 2 is 1.63 bits per heavy atom. The number of hydrogen-bond donors (Lipinski definition) is 2. The normalized spacial score (nSPS) is 19.6. The van der Waals surface area contributed by atoms with Gasteiger partial charge in [0.2, 0.25) is 5.91 Å². The van der Waals surface area contributed by atoms with E-state index in [0.717, 1.165) is 22.3 Å². The fraction of sp³-hybridized carbons (Fsp3) is 0.423. The van der Waals surface area contributed by atoms with Crippen molar-refractivity contribution in [1.29, 1.82) is 0 Å². The molecule has 0 radical (unpaired) electrons. The van der Waals surface area contributed by atoms with Crippen molar-refractivity contribution in [2.24, 2.45) is 5.41 Å². The molecule has 35 heavy (non-hydrogen) atoms. The zero-order chi connectivity index (χ0) is 25.5. The summed E-state index contributed by atoms with van der Waals surface area (Å²) in [4.78, 5) is 38.1. The summed E-state index contributed by atoms with van der Waals surface area (Å²) in [5.41, 5.74) is 3.29. The lowest BCUT2D eigenvalue weighted by atomic mass is 9.85. The van der Waals surface area contributed by atoms with Crippen molar-refractivity contribution in [3.8, 4) is 11.1 Å². The lowest BCUT2D eigenvalue weighted by Crippen LogP contribution is -2.57. The maximum atomic E-state index is 14.0. The van der Waals surface area contributed by atoms with Crippen LogP contribution < -0.4 is 5.32 Å². The number of alkyl carbamates (subject to hydrolysis) is 1. The molecule has 2 aromatic carbocycles. The highest BCUT2D eigenvalue weighted by Gasteiger charge is 2.52. The van der Waals surface area contributed by atoms with Crippen LogP contribution in [-0.4, -0.2) is 59.1 Å². The topological polar surface area (TPSA) is 95.9 Å². The minimum Gasteiger partial charge on any atom is -0.480 e. The molecule has 0 saturated carbocycles. The molecule has 0 aromatic heterocycles. The highest BCUT2D eigenvalue weighted by molar-refractivity contribution is 5.90. The van der Waals surface area contributed by atoms with Crippen LogP contribution in [0.15, 0.2) is 48.5 Å². The van der Waals surface area contributed by atoms with Crippen LogP contribution in [0.2, 0.25) is 0 Å². The van der Waals surface area contributed by atoms with E-state index in [1.54, 1.807) is 20.8 Å². The van der Waals surface area contributed by atoms with E-state index in [1.807, 2.05) is 48.5 Å². The lowest BCUT2D eigenvalue weighted by Gasteiger charge is -2.34. The summed E-state index contributed by atoms with van der Waals surface area (Å²) in [5.74, 6) is -5.89. The van der Waals surface area contributed by atoms with E-state index in [2.05, 4.69) is 5.32 Å². The second-order valence-electron chi connectivity index (χ2n) is 10.1. The van der Waals surface area contributed by atoms with Gasteiger partial charge >= 0.3 is 12.1 Å². The molecule has 1 saturated heterocycles. The molecule has 2 atom stereocenters. The number of carbonyl (C=O) groups excluding carboxylic acids is 2. The lowest BCUT2D eigenvalue weighted by molar-refractivity contribution is -0.150. The molecule has 7 nitrogen and oxygen atoms in total. The van der Waals surface area contributed by atoms with Crippen molar-refractivity contribution in [2.45, 2.75) is 51.1 Å². The summed E-state index contributed by atoms with van der Waals surface area (Å²) < 4.78 is 33.4. The third kappa shape index (κ3) is 4.85. The molecular weight excluding hydrogens is 458 g/mol. The first-order valence-corrected chi connectivity index (χ1v) is 11.4. The van der Waals surface area contributed by atoms with Gasteiger partial charge in [0.05, 0.1) is 6.54 Å². The first-order valence-electron chi connectivity index (χ1n) is 11.4. The first-order chi connectivity index (χ1) is 16.4. The second-order valence-corrected chi connectivity index (χ2v) is 10.1. The van der Waals surface area contributed by atoms with Gasteiger partial charge in [-0.15, -0.1) is 0 Å². The average molecular weight is 487 g/mol. The molecule has 0 spiro atoms. The number of hydrogen-bond acceptors (Lipinski definition) is 4. The van der Waals surface area contributed by atoms with E-state index in [-0.39, 0.29) is 12.5 Å². The number of aliphatic carboxylic acids is 1. The van der Waals surface area contributed by atoms with E-state index >= 15 is 0 Å². The number of carboxylic acids is 1. The number of benzene rings is 2. The summed E-state index contributed by atoms with van der Waals surface area (Å²) in [5, 5.41) is 11.9. The highest BCUT2D eigenvalue weighted by atomic mass is 19.3. The van der Waals surface area contributed by atoms with Gasteiger partial charge in [-0.1, -0.05) is 69.3 Å². The van der Waals surface area contributed by atoms with Crippen LogP contribution in [0, 0.1) is 5.41 Å². The standard InChI is InChI=1S/C26H28F2N2O5/c1-25(2,3)21(22(31)30-14-26(27,28)12-20(30)23(32)33)29-24(34)35-13-19-17-10-6-4-8-15(17)16-9-5-7-11-18(16)19/h4-11,19-21H,12-14H2,1-3H3,(H,29,34)(H,32,33)/t20-,21?/m1/s1. The molecular formula is C26H28F2N2O5. The second kappa shape index (κ2) is 8.94. The van der Waals surface area contributed by atoms with Crippen LogP contribution in [0.1, 0.15) is 44.2 Å². The number of fused-ring (bicyclic) bond motifs is 3. The van der Waals surface area contributed by atoms with Gasteiger partial charge in [-0.25, -0.2) is 18.4 Å². The predicted molar refractivity (Wildman–Crippen MR) is 124 cm³/mol. The summed E-state index contributed by atoms with van der Waals surface area (Å²) in [6, 6.07) is 12.8. The van der Waals surface area contributed by atoms with Gasteiger partial charge in [-0.05, 0) is 27.7 Å². The number of alkyl halides is 2. The molecule has 1 heterocycles. The zero-order valence-corrected chi connectivity index (χ0v) is 19.8. The summed E-state index contributed by atoms with van der Waals surface area (Å²) >= 11 is 0. The van der Waals surface area contributed by atoms with Crippen LogP contribution in [0.3, 0.4) is 0 Å². The van der Waals surface area contributed by atoms with Gasteiger partial charge in [0.1, 0.15) is 18.7 Å². The molecule has 2 aromatic rings. The maximum Gasteiger partial charge on any atom is 0.407 e. The van der Waals surface area contributed by atoms with E-state index in [4.69, 9.17) is 4.74 Å². The number of carboxylic acid groups (broad SMARTS) is 1. The minimum absolute atomic E-state index is 0.0183. The fourth-order valence-electron chi connectivity index (χ4n) is 4.84. The van der Waals surface area contributed by atoms with E-state index < -0.39 is 54.4 Å². The average Bonchev–Trinajstić information content (AvgIpc) is 3.29. The van der Waals surface area contributed by atoms with Crippen LogP contribution in [0.25, 0.3) is 11.1 Å². The summed E-state index contributed by atoms with van der Waals surface area (Å²) in [6.45, 7) is 3.97. The minimum atomic E-state index is -3.31. The van der Waals surface area contributed by atoms with Crippen LogP contribution in [0.4, 0.5) is 13.6 Å². The Kier molecular flexibility index (Phi) is 6.29. The molecule has 2 amide bonds. The number of ether oxygens (including phenoxy) is 1. The zero-order valence-electron chi connectivity index (χ0n) is 19.8. The highest BCUT2D eigenvalue weighted by Crippen LogP contribution is 2.44. The van der Waals surface area contributed by atoms with Crippen molar-refractivity contribution >= 4 is 18.0 Å². The number of likely N-dealkylation sites (tertiary alicyclic amines) is 1. The van der Waals surface area contributed by atoms with Crippen molar-refractivity contribution in [2.75, 3.05) is 13.2 Å². The smallest absolute Gasteiger partial charge is 0.407 e. The Balaban J connectivity index is 1.49. The van der Waals surface area contributed by atoms with E-state index in [9.17, 15) is 28.3 Å². The third-order valence-corrected chi connectivity index (χ3v) is 6.56. The summed E-state index contributed by atoms with van der Waals surface area (Å²) in [7, 11) is 0. The Morgan fingerprint density at radius 1 is 1.09 bits per heavy atom. The third-order valence-electron chi connectivity index (χ3n) is 6.56. The molecule has 1 aliphatic heterocycles. The maximum absolute atomic E-state index is 14.0. The number of halogens is 2. The molecule has 186 valence electrons. The quantitative estimate of drug-likeness (QED) is 0.659. The summed E-state index contributed by atoms with van der Waals surface area (Å²) in [6.07, 6.45) is -1.84. The molecule has 9 heteroatoms. The fourth-order valence-corrected chi connectivity index (χ4v) is 4.84. The van der Waals surface area contributed by atoms with Crippen molar-refractivity contribution in [3.05, 3.63) is 59.7 Å². The van der Waals surface area contributed by atoms with E-state index in [1.165, 1.54) is 0 Å².